The SMILES string of the molecule is NC(=O)C[C@H](NC(=O)CC1CNc2ccccc21)C(=O)O. The molecule has 0 radical (unpaired) electrons. The fraction of sp³-hybridized carbons (Fsp3) is 0.357. The Morgan fingerprint density at radius 2 is 2.10 bits per heavy atom. The number of carbonyl (C=O) groups excluding carboxylic acids is 2. The van der Waals surface area contributed by atoms with Gasteiger partial charge in [0.1, 0.15) is 6.04 Å². The summed E-state index contributed by atoms with van der Waals surface area (Å²) in [6.45, 7) is 0.625. The van der Waals surface area contributed by atoms with E-state index in [1.807, 2.05) is 24.3 Å². The van der Waals surface area contributed by atoms with E-state index in [1.54, 1.807) is 0 Å². The molecule has 5 N–H and O–H groups in total. The molecule has 2 atom stereocenters. The van der Waals surface area contributed by atoms with Crippen LogP contribution in [-0.4, -0.2) is 35.5 Å². The number of nitrogens with two attached hydrogens (primary N) is 1. The average Bonchev–Trinajstić information content (AvgIpc) is 2.81. The van der Waals surface area contributed by atoms with E-state index in [9.17, 15) is 14.4 Å². The molecule has 7 heteroatoms. The monoisotopic (exact) mass is 291 g/mol. The Kier molecular flexibility index (Phi) is 4.42. The van der Waals surface area contributed by atoms with Gasteiger partial charge in [0, 0.05) is 24.6 Å². The Morgan fingerprint density at radius 3 is 2.76 bits per heavy atom. The Balaban J connectivity index is 1.96. The zero-order chi connectivity index (χ0) is 15.4. The van der Waals surface area contributed by atoms with Crippen LogP contribution in [0.25, 0.3) is 0 Å². The molecule has 7 nitrogen and oxygen atoms in total. The van der Waals surface area contributed by atoms with Crippen molar-refractivity contribution in [2.45, 2.75) is 24.8 Å². The van der Waals surface area contributed by atoms with Crippen molar-refractivity contribution in [2.24, 2.45) is 5.73 Å². The molecule has 1 aromatic rings. The summed E-state index contributed by atoms with van der Waals surface area (Å²) in [5, 5.41) is 14.5. The zero-order valence-corrected chi connectivity index (χ0v) is 11.3. The van der Waals surface area contributed by atoms with Gasteiger partial charge in [-0.2, -0.15) is 0 Å². The molecule has 21 heavy (non-hydrogen) atoms. The lowest BCUT2D eigenvalue weighted by molar-refractivity contribution is -0.143. The maximum absolute atomic E-state index is 12.0. The highest BCUT2D eigenvalue weighted by Gasteiger charge is 2.27. The first-order valence-corrected chi connectivity index (χ1v) is 6.60. The largest absolute Gasteiger partial charge is 0.480 e. The Labute approximate surface area is 121 Å². The third-order valence-corrected chi connectivity index (χ3v) is 3.41. The molecule has 1 heterocycles. The second kappa shape index (κ2) is 6.25. The van der Waals surface area contributed by atoms with Gasteiger partial charge in [-0.15, -0.1) is 0 Å². The van der Waals surface area contributed by atoms with Gasteiger partial charge in [-0.05, 0) is 11.6 Å². The fourth-order valence-electron chi connectivity index (χ4n) is 2.42. The first-order chi connectivity index (χ1) is 9.97. The van der Waals surface area contributed by atoms with Gasteiger partial charge in [0.15, 0.2) is 0 Å². The number of para-hydroxylation sites is 1. The van der Waals surface area contributed by atoms with Crippen molar-refractivity contribution in [1.29, 1.82) is 0 Å². The maximum atomic E-state index is 12.0. The van der Waals surface area contributed by atoms with E-state index < -0.39 is 30.2 Å². The molecule has 0 fully saturated rings. The fourth-order valence-corrected chi connectivity index (χ4v) is 2.42. The van der Waals surface area contributed by atoms with Gasteiger partial charge in [0.05, 0.1) is 6.42 Å². The second-order valence-corrected chi connectivity index (χ2v) is 5.00. The number of carboxylic acids is 1. The van der Waals surface area contributed by atoms with Gasteiger partial charge in [-0.25, -0.2) is 4.79 Å². The number of hydrogen-bond acceptors (Lipinski definition) is 4. The van der Waals surface area contributed by atoms with Crippen LogP contribution in [0.4, 0.5) is 5.69 Å². The van der Waals surface area contributed by atoms with Crippen LogP contribution in [0.15, 0.2) is 24.3 Å². The molecule has 0 saturated heterocycles. The van der Waals surface area contributed by atoms with E-state index in [4.69, 9.17) is 10.8 Å². The number of rotatable bonds is 6. The molecule has 2 amide bonds. The van der Waals surface area contributed by atoms with E-state index in [1.165, 1.54) is 0 Å². The predicted molar refractivity (Wildman–Crippen MR) is 75.7 cm³/mol. The molecular weight excluding hydrogens is 274 g/mol. The summed E-state index contributed by atoms with van der Waals surface area (Å²) in [5.74, 6) is -2.46. The number of amides is 2. The molecule has 0 bridgehead atoms. The lowest BCUT2D eigenvalue weighted by Gasteiger charge is -2.15. The van der Waals surface area contributed by atoms with E-state index in [0.717, 1.165) is 11.3 Å². The number of carbonyl (C=O) groups is 3. The molecule has 1 aromatic carbocycles. The third-order valence-electron chi connectivity index (χ3n) is 3.41. The average molecular weight is 291 g/mol. The minimum atomic E-state index is -1.28. The van der Waals surface area contributed by atoms with Crippen LogP contribution >= 0.6 is 0 Å². The van der Waals surface area contributed by atoms with Gasteiger partial charge < -0.3 is 21.5 Å². The van der Waals surface area contributed by atoms with Gasteiger partial charge in [0.2, 0.25) is 11.8 Å². The minimum Gasteiger partial charge on any atom is -0.480 e. The second-order valence-electron chi connectivity index (χ2n) is 5.00. The summed E-state index contributed by atoms with van der Waals surface area (Å²) in [5.41, 5.74) is 6.99. The van der Waals surface area contributed by atoms with Crippen LogP contribution in [0.2, 0.25) is 0 Å². The lowest BCUT2D eigenvalue weighted by atomic mass is 9.97. The quantitative estimate of drug-likeness (QED) is 0.589. The lowest BCUT2D eigenvalue weighted by Crippen LogP contribution is -2.43. The van der Waals surface area contributed by atoms with Gasteiger partial charge >= 0.3 is 5.97 Å². The van der Waals surface area contributed by atoms with Crippen molar-refractivity contribution in [3.63, 3.8) is 0 Å². The van der Waals surface area contributed by atoms with Gasteiger partial charge in [-0.1, -0.05) is 18.2 Å². The van der Waals surface area contributed by atoms with Gasteiger partial charge in [0.25, 0.3) is 0 Å². The Hall–Kier alpha value is -2.57. The first kappa shape index (κ1) is 14.8. The summed E-state index contributed by atoms with van der Waals surface area (Å²) >= 11 is 0. The summed E-state index contributed by atoms with van der Waals surface area (Å²) in [6.07, 6.45) is -0.257. The smallest absolute Gasteiger partial charge is 0.326 e. The minimum absolute atomic E-state index is 0.00998. The van der Waals surface area contributed by atoms with E-state index in [-0.39, 0.29) is 12.3 Å². The van der Waals surface area contributed by atoms with E-state index in [2.05, 4.69) is 10.6 Å². The van der Waals surface area contributed by atoms with Gasteiger partial charge in [-0.3, -0.25) is 9.59 Å². The van der Waals surface area contributed by atoms with Crippen molar-refractivity contribution < 1.29 is 19.5 Å². The van der Waals surface area contributed by atoms with E-state index >= 15 is 0 Å². The molecule has 0 aromatic heterocycles. The number of fused-ring (bicyclic) bond motifs is 1. The number of nitrogens with one attached hydrogen (secondary N) is 2. The maximum Gasteiger partial charge on any atom is 0.326 e. The molecule has 2 rings (SSSR count). The van der Waals surface area contributed by atoms with Crippen LogP contribution in [-0.2, 0) is 14.4 Å². The molecule has 0 saturated carbocycles. The number of primary amides is 1. The summed E-state index contributed by atoms with van der Waals surface area (Å²) in [7, 11) is 0. The topological polar surface area (TPSA) is 122 Å². The van der Waals surface area contributed by atoms with Crippen molar-refractivity contribution in [3.05, 3.63) is 29.8 Å². The van der Waals surface area contributed by atoms with Crippen LogP contribution in [0.5, 0.6) is 0 Å². The summed E-state index contributed by atoms with van der Waals surface area (Å²) in [4.78, 5) is 33.7. The zero-order valence-electron chi connectivity index (χ0n) is 11.3. The number of anilines is 1. The molecular formula is C14H17N3O4. The first-order valence-electron chi connectivity index (χ1n) is 6.60. The molecule has 0 spiro atoms. The van der Waals surface area contributed by atoms with Crippen LogP contribution < -0.4 is 16.4 Å². The molecule has 1 aliphatic heterocycles. The Morgan fingerprint density at radius 1 is 1.38 bits per heavy atom. The van der Waals surface area contributed by atoms with Crippen LogP contribution in [0, 0.1) is 0 Å². The number of carboxylic acid groups (broad SMARTS) is 1. The summed E-state index contributed by atoms with van der Waals surface area (Å²) in [6, 6.07) is 6.39. The number of aliphatic carboxylic acids is 1. The normalized spacial score (nSPS) is 17.4. The molecule has 0 aliphatic carbocycles. The van der Waals surface area contributed by atoms with Crippen LogP contribution in [0.3, 0.4) is 0 Å². The highest BCUT2D eigenvalue weighted by molar-refractivity contribution is 5.88. The number of benzene rings is 1. The highest BCUT2D eigenvalue weighted by Crippen LogP contribution is 2.33. The Bertz CT molecular complexity index is 573. The third kappa shape index (κ3) is 3.71. The highest BCUT2D eigenvalue weighted by atomic mass is 16.4. The number of hydrogen-bond donors (Lipinski definition) is 4. The predicted octanol–water partition coefficient (Wildman–Crippen LogP) is 0.0306. The van der Waals surface area contributed by atoms with Crippen molar-refractivity contribution >= 4 is 23.5 Å². The van der Waals surface area contributed by atoms with Crippen molar-refractivity contribution in [2.75, 3.05) is 11.9 Å². The molecule has 1 unspecified atom stereocenters. The van der Waals surface area contributed by atoms with Crippen LogP contribution in [0.1, 0.15) is 24.3 Å². The van der Waals surface area contributed by atoms with Crippen molar-refractivity contribution in [1.82, 2.24) is 5.32 Å². The van der Waals surface area contributed by atoms with E-state index in [0.29, 0.717) is 6.54 Å². The summed E-state index contributed by atoms with van der Waals surface area (Å²) < 4.78 is 0. The molecule has 1 aliphatic rings. The van der Waals surface area contributed by atoms with Crippen molar-refractivity contribution in [3.8, 4) is 0 Å². The molecule has 112 valence electrons. The standard InChI is InChI=1S/C14H17N3O4/c15-12(18)6-11(14(20)21)17-13(19)5-8-7-16-10-4-2-1-3-9(8)10/h1-4,8,11,16H,5-7H2,(H2,15,18)(H,17,19)(H,20,21)/t8?,11-/m0/s1.